The van der Waals surface area contributed by atoms with Gasteiger partial charge in [-0.15, -0.1) is 0 Å². The number of hydrogen-bond donors (Lipinski definition) is 0. The molecule has 0 amide bonds. The molecule has 0 aliphatic carbocycles. The summed E-state index contributed by atoms with van der Waals surface area (Å²) in [4.78, 5) is 11.3. The lowest BCUT2D eigenvalue weighted by Gasteiger charge is -2.23. The monoisotopic (exact) mass is 237 g/mol. The Bertz CT molecular complexity index is 577. The average molecular weight is 237 g/mol. The Labute approximate surface area is 107 Å². The third kappa shape index (κ3) is 1.24. The lowest BCUT2D eigenvalue weighted by Crippen LogP contribution is -2.20. The van der Waals surface area contributed by atoms with Gasteiger partial charge in [0.2, 0.25) is 0 Å². The number of benzene rings is 1. The molecule has 2 unspecified atom stereocenters. The van der Waals surface area contributed by atoms with E-state index in [4.69, 9.17) is 0 Å². The predicted octanol–water partition coefficient (Wildman–Crippen LogP) is 3.18. The standard InChI is InChI=1S/C15H15N3/c1-10-16-9-8-15(17-10)18-13-6-7-14(18)12-5-3-2-4-11(12)13/h2-5,8-9,13-14H,6-7H2,1H3. The highest BCUT2D eigenvalue weighted by molar-refractivity contribution is 5.55. The first-order valence-electron chi connectivity index (χ1n) is 6.51. The van der Waals surface area contributed by atoms with Crippen molar-refractivity contribution in [2.24, 2.45) is 0 Å². The van der Waals surface area contributed by atoms with Gasteiger partial charge in [0, 0.05) is 6.20 Å². The maximum atomic E-state index is 4.59. The molecule has 3 heterocycles. The van der Waals surface area contributed by atoms with Gasteiger partial charge in [-0.25, -0.2) is 9.97 Å². The van der Waals surface area contributed by atoms with E-state index in [0.717, 1.165) is 11.6 Å². The second-order valence-corrected chi connectivity index (χ2v) is 5.11. The van der Waals surface area contributed by atoms with Crippen LogP contribution in [0.4, 0.5) is 5.82 Å². The fraction of sp³-hybridized carbons (Fsp3) is 0.333. The molecule has 0 N–H and O–H groups in total. The molecule has 0 spiro atoms. The zero-order valence-corrected chi connectivity index (χ0v) is 10.4. The number of anilines is 1. The summed E-state index contributed by atoms with van der Waals surface area (Å²) in [6.07, 6.45) is 4.34. The van der Waals surface area contributed by atoms with Crippen LogP contribution in [-0.4, -0.2) is 9.97 Å². The van der Waals surface area contributed by atoms with Gasteiger partial charge in [-0.1, -0.05) is 24.3 Å². The van der Waals surface area contributed by atoms with E-state index in [9.17, 15) is 0 Å². The molecule has 2 bridgehead atoms. The van der Waals surface area contributed by atoms with Crippen molar-refractivity contribution < 1.29 is 0 Å². The van der Waals surface area contributed by atoms with Gasteiger partial charge in [0.1, 0.15) is 11.6 Å². The highest BCUT2D eigenvalue weighted by atomic mass is 15.3. The first kappa shape index (κ1) is 10.1. The van der Waals surface area contributed by atoms with Crippen molar-refractivity contribution in [1.29, 1.82) is 0 Å². The van der Waals surface area contributed by atoms with Crippen LogP contribution in [-0.2, 0) is 0 Å². The summed E-state index contributed by atoms with van der Waals surface area (Å²) in [5.41, 5.74) is 2.98. The van der Waals surface area contributed by atoms with Crippen molar-refractivity contribution in [3.8, 4) is 0 Å². The Hall–Kier alpha value is -1.90. The fourth-order valence-electron chi connectivity index (χ4n) is 3.45. The van der Waals surface area contributed by atoms with Gasteiger partial charge >= 0.3 is 0 Å². The third-order valence-electron chi connectivity index (χ3n) is 4.12. The molecule has 2 aliphatic rings. The normalized spacial score (nSPS) is 24.4. The van der Waals surface area contributed by atoms with Gasteiger partial charge in [-0.2, -0.15) is 0 Å². The molecule has 2 aliphatic heterocycles. The van der Waals surface area contributed by atoms with E-state index in [1.807, 2.05) is 19.2 Å². The van der Waals surface area contributed by atoms with Crippen molar-refractivity contribution >= 4 is 5.82 Å². The molecular formula is C15H15N3. The zero-order chi connectivity index (χ0) is 12.1. The summed E-state index contributed by atoms with van der Waals surface area (Å²) in [5, 5.41) is 0. The molecule has 2 aromatic rings. The van der Waals surface area contributed by atoms with E-state index < -0.39 is 0 Å². The van der Waals surface area contributed by atoms with Gasteiger partial charge in [0.25, 0.3) is 0 Å². The third-order valence-corrected chi connectivity index (χ3v) is 4.12. The summed E-state index contributed by atoms with van der Waals surface area (Å²) in [5.74, 6) is 1.93. The summed E-state index contributed by atoms with van der Waals surface area (Å²) >= 11 is 0. The Morgan fingerprint density at radius 3 is 2.33 bits per heavy atom. The number of rotatable bonds is 1. The number of fused-ring (bicyclic) bond motifs is 5. The molecule has 3 heteroatoms. The number of hydrogen-bond acceptors (Lipinski definition) is 3. The van der Waals surface area contributed by atoms with Crippen LogP contribution < -0.4 is 4.90 Å². The Morgan fingerprint density at radius 1 is 1.06 bits per heavy atom. The Balaban J connectivity index is 1.83. The molecule has 1 aromatic heterocycles. The van der Waals surface area contributed by atoms with E-state index in [1.165, 1.54) is 24.0 Å². The van der Waals surface area contributed by atoms with Crippen molar-refractivity contribution in [1.82, 2.24) is 9.97 Å². The average Bonchev–Trinajstić information content (AvgIpc) is 2.95. The molecular weight excluding hydrogens is 222 g/mol. The summed E-state index contributed by atoms with van der Waals surface area (Å²) < 4.78 is 0. The molecule has 2 atom stereocenters. The van der Waals surface area contributed by atoms with Crippen LogP contribution in [0.2, 0.25) is 0 Å². The molecule has 0 saturated carbocycles. The molecule has 90 valence electrons. The largest absolute Gasteiger partial charge is 0.342 e. The fourth-order valence-corrected chi connectivity index (χ4v) is 3.45. The number of aryl methyl sites for hydroxylation is 1. The lowest BCUT2D eigenvalue weighted by atomic mass is 9.92. The summed E-state index contributed by atoms with van der Waals surface area (Å²) in [7, 11) is 0. The first-order valence-corrected chi connectivity index (χ1v) is 6.51. The second-order valence-electron chi connectivity index (χ2n) is 5.11. The van der Waals surface area contributed by atoms with E-state index in [1.54, 1.807) is 0 Å². The smallest absolute Gasteiger partial charge is 0.133 e. The highest BCUT2D eigenvalue weighted by Crippen LogP contribution is 2.54. The minimum atomic E-state index is 0.514. The predicted molar refractivity (Wildman–Crippen MR) is 70.4 cm³/mol. The van der Waals surface area contributed by atoms with E-state index in [-0.39, 0.29) is 0 Å². The SMILES string of the molecule is Cc1nccc(N2C3CCC2c2ccccc23)n1. The van der Waals surface area contributed by atoms with Gasteiger partial charge in [-0.05, 0) is 37.0 Å². The maximum Gasteiger partial charge on any atom is 0.133 e. The van der Waals surface area contributed by atoms with E-state index >= 15 is 0 Å². The van der Waals surface area contributed by atoms with Crippen LogP contribution >= 0.6 is 0 Å². The summed E-state index contributed by atoms with van der Waals surface area (Å²) in [6.45, 7) is 1.95. The van der Waals surface area contributed by atoms with Crippen LogP contribution in [0.3, 0.4) is 0 Å². The topological polar surface area (TPSA) is 29.0 Å². The molecule has 1 saturated heterocycles. The summed E-state index contributed by atoms with van der Waals surface area (Å²) in [6, 6.07) is 11.9. The van der Waals surface area contributed by atoms with E-state index in [0.29, 0.717) is 12.1 Å². The van der Waals surface area contributed by atoms with Gasteiger partial charge in [0.15, 0.2) is 0 Å². The molecule has 4 rings (SSSR count). The highest BCUT2D eigenvalue weighted by Gasteiger charge is 2.44. The van der Waals surface area contributed by atoms with Gasteiger partial charge in [-0.3, -0.25) is 0 Å². The van der Waals surface area contributed by atoms with Crippen LogP contribution in [0.1, 0.15) is 41.9 Å². The minimum Gasteiger partial charge on any atom is -0.342 e. The van der Waals surface area contributed by atoms with Crippen LogP contribution in [0.5, 0.6) is 0 Å². The van der Waals surface area contributed by atoms with Crippen LogP contribution in [0.15, 0.2) is 36.5 Å². The number of nitrogens with zero attached hydrogens (tertiary/aromatic N) is 3. The van der Waals surface area contributed by atoms with Crippen LogP contribution in [0, 0.1) is 6.92 Å². The van der Waals surface area contributed by atoms with E-state index in [2.05, 4.69) is 39.1 Å². The molecule has 18 heavy (non-hydrogen) atoms. The second kappa shape index (κ2) is 3.55. The quantitative estimate of drug-likeness (QED) is 0.762. The van der Waals surface area contributed by atoms with Crippen molar-refractivity contribution in [3.05, 3.63) is 53.5 Å². The molecule has 3 nitrogen and oxygen atoms in total. The number of aromatic nitrogens is 2. The molecule has 1 fully saturated rings. The van der Waals surface area contributed by atoms with Gasteiger partial charge < -0.3 is 4.90 Å². The molecule has 0 radical (unpaired) electrons. The Kier molecular flexibility index (Phi) is 1.98. The zero-order valence-electron chi connectivity index (χ0n) is 10.4. The maximum absolute atomic E-state index is 4.59. The lowest BCUT2D eigenvalue weighted by molar-refractivity contribution is 0.717. The molecule has 1 aromatic carbocycles. The van der Waals surface area contributed by atoms with Crippen molar-refractivity contribution in [3.63, 3.8) is 0 Å². The minimum absolute atomic E-state index is 0.514. The van der Waals surface area contributed by atoms with Crippen molar-refractivity contribution in [2.45, 2.75) is 31.8 Å². The van der Waals surface area contributed by atoms with Gasteiger partial charge in [0.05, 0.1) is 12.1 Å². The first-order chi connectivity index (χ1) is 8.84. The van der Waals surface area contributed by atoms with Crippen molar-refractivity contribution in [2.75, 3.05) is 4.90 Å². The Morgan fingerprint density at radius 2 is 1.72 bits per heavy atom. The van der Waals surface area contributed by atoms with Crippen LogP contribution in [0.25, 0.3) is 0 Å².